The van der Waals surface area contributed by atoms with Gasteiger partial charge in [-0.15, -0.1) is 11.3 Å². The van der Waals surface area contributed by atoms with Gasteiger partial charge in [0.2, 0.25) is 5.91 Å². The summed E-state index contributed by atoms with van der Waals surface area (Å²) in [6, 6.07) is 9.94. The standard InChI is InChI=1S/C20H24N2O3S/c1-13-8-9-15-16(10-13)26-19(18(15)20(24)25)21-17(23)12-22(2)11-14-6-4-3-5-7-14/h3-7,13H,8-12H2,1-2H3,(H,21,23)(H,24,25). The summed E-state index contributed by atoms with van der Waals surface area (Å²) in [6.45, 7) is 3.06. The molecule has 1 aliphatic rings. The summed E-state index contributed by atoms with van der Waals surface area (Å²) < 4.78 is 0. The van der Waals surface area contributed by atoms with Crippen molar-refractivity contribution in [3.05, 3.63) is 51.9 Å². The number of likely N-dealkylation sites (N-methyl/N-ethyl adjacent to an activating group) is 1. The lowest BCUT2D eigenvalue weighted by molar-refractivity contribution is -0.117. The zero-order valence-electron chi connectivity index (χ0n) is 15.1. The van der Waals surface area contributed by atoms with Crippen LogP contribution in [0.5, 0.6) is 0 Å². The molecular weight excluding hydrogens is 348 g/mol. The third-order valence-corrected chi connectivity index (χ3v) is 5.86. The molecule has 1 atom stereocenters. The first-order chi connectivity index (χ1) is 12.4. The highest BCUT2D eigenvalue weighted by molar-refractivity contribution is 7.17. The van der Waals surface area contributed by atoms with Gasteiger partial charge in [0.25, 0.3) is 0 Å². The summed E-state index contributed by atoms with van der Waals surface area (Å²) >= 11 is 1.42. The van der Waals surface area contributed by atoms with Crippen LogP contribution in [0.15, 0.2) is 30.3 Å². The molecule has 0 fully saturated rings. The molecule has 2 aromatic rings. The lowest BCUT2D eigenvalue weighted by Crippen LogP contribution is -2.30. The second-order valence-corrected chi connectivity index (χ2v) is 8.17. The molecule has 6 heteroatoms. The number of anilines is 1. The number of carboxylic acid groups (broad SMARTS) is 1. The molecule has 1 heterocycles. The zero-order chi connectivity index (χ0) is 18.7. The minimum atomic E-state index is -0.954. The highest BCUT2D eigenvalue weighted by atomic mass is 32.1. The van der Waals surface area contributed by atoms with Gasteiger partial charge in [-0.1, -0.05) is 37.3 Å². The average Bonchev–Trinajstić information content (AvgIpc) is 2.92. The highest BCUT2D eigenvalue weighted by Gasteiger charge is 2.28. The number of carbonyl (C=O) groups is 2. The number of thiophene rings is 1. The Kier molecular flexibility index (Phi) is 5.74. The van der Waals surface area contributed by atoms with E-state index >= 15 is 0 Å². The normalized spacial score (nSPS) is 16.3. The van der Waals surface area contributed by atoms with E-state index in [9.17, 15) is 14.7 Å². The van der Waals surface area contributed by atoms with E-state index in [-0.39, 0.29) is 18.0 Å². The van der Waals surface area contributed by atoms with Gasteiger partial charge in [0.1, 0.15) is 5.00 Å². The number of carbonyl (C=O) groups excluding carboxylic acids is 1. The Hall–Kier alpha value is -2.18. The van der Waals surface area contributed by atoms with E-state index in [2.05, 4.69) is 12.2 Å². The van der Waals surface area contributed by atoms with Crippen LogP contribution in [0, 0.1) is 5.92 Å². The van der Waals surface area contributed by atoms with Gasteiger partial charge in [-0.05, 0) is 43.4 Å². The molecule has 1 aromatic heterocycles. The fourth-order valence-corrected chi connectivity index (χ4v) is 4.85. The average molecular weight is 372 g/mol. The number of amides is 1. The van der Waals surface area contributed by atoms with Crippen molar-refractivity contribution in [3.63, 3.8) is 0 Å². The van der Waals surface area contributed by atoms with Crippen LogP contribution in [-0.4, -0.2) is 35.5 Å². The number of aromatic carboxylic acids is 1. The third kappa shape index (κ3) is 4.31. The Labute approximate surface area is 157 Å². The fraction of sp³-hybridized carbons (Fsp3) is 0.400. The van der Waals surface area contributed by atoms with Crippen LogP contribution in [0.2, 0.25) is 0 Å². The summed E-state index contributed by atoms with van der Waals surface area (Å²) in [4.78, 5) is 27.2. The summed E-state index contributed by atoms with van der Waals surface area (Å²) in [6.07, 6.45) is 2.67. The van der Waals surface area contributed by atoms with Gasteiger partial charge in [0.05, 0.1) is 12.1 Å². The quantitative estimate of drug-likeness (QED) is 0.812. The van der Waals surface area contributed by atoms with E-state index in [4.69, 9.17) is 0 Å². The van der Waals surface area contributed by atoms with E-state index in [0.717, 1.165) is 35.3 Å². The van der Waals surface area contributed by atoms with Crippen LogP contribution >= 0.6 is 11.3 Å². The Morgan fingerprint density at radius 2 is 2.04 bits per heavy atom. The lowest BCUT2D eigenvalue weighted by Gasteiger charge is -2.18. The SMILES string of the molecule is CC1CCc2c(sc(NC(=O)CN(C)Cc3ccccc3)c2C(=O)O)C1. The van der Waals surface area contributed by atoms with Crippen molar-refractivity contribution in [1.29, 1.82) is 0 Å². The number of hydrogen-bond acceptors (Lipinski definition) is 4. The van der Waals surface area contributed by atoms with Crippen molar-refractivity contribution >= 4 is 28.2 Å². The molecule has 0 saturated carbocycles. The summed E-state index contributed by atoms with van der Waals surface area (Å²) in [7, 11) is 1.88. The number of rotatable bonds is 6. The minimum Gasteiger partial charge on any atom is -0.478 e. The van der Waals surface area contributed by atoms with E-state index in [0.29, 0.717) is 17.5 Å². The lowest BCUT2D eigenvalue weighted by atomic mass is 9.88. The molecule has 1 amide bonds. The first-order valence-electron chi connectivity index (χ1n) is 8.84. The van der Waals surface area contributed by atoms with Crippen LogP contribution in [-0.2, 0) is 24.2 Å². The van der Waals surface area contributed by atoms with Gasteiger partial charge in [0.15, 0.2) is 0 Å². The highest BCUT2D eigenvalue weighted by Crippen LogP contribution is 2.39. The molecular formula is C20H24N2O3S. The predicted octanol–water partition coefficient (Wildman–Crippen LogP) is 3.64. The first-order valence-corrected chi connectivity index (χ1v) is 9.66. The summed E-state index contributed by atoms with van der Waals surface area (Å²) in [5, 5.41) is 12.9. The zero-order valence-corrected chi connectivity index (χ0v) is 15.9. The van der Waals surface area contributed by atoms with Gasteiger partial charge in [0, 0.05) is 11.4 Å². The Balaban J connectivity index is 1.68. The number of fused-ring (bicyclic) bond motifs is 1. The Morgan fingerprint density at radius 1 is 1.31 bits per heavy atom. The van der Waals surface area contributed by atoms with E-state index < -0.39 is 5.97 Å². The summed E-state index contributed by atoms with van der Waals surface area (Å²) in [5.74, 6) is -0.578. The second-order valence-electron chi connectivity index (χ2n) is 7.07. The molecule has 0 spiro atoms. The predicted molar refractivity (Wildman–Crippen MR) is 104 cm³/mol. The molecule has 0 bridgehead atoms. The van der Waals surface area contributed by atoms with Crippen LogP contribution in [0.3, 0.4) is 0 Å². The van der Waals surface area contributed by atoms with Gasteiger partial charge in [-0.3, -0.25) is 9.69 Å². The van der Waals surface area contributed by atoms with Crippen LogP contribution in [0.1, 0.15) is 39.7 Å². The van der Waals surface area contributed by atoms with Crippen LogP contribution in [0.4, 0.5) is 5.00 Å². The molecule has 2 N–H and O–H groups in total. The van der Waals surface area contributed by atoms with Gasteiger partial charge >= 0.3 is 5.97 Å². The van der Waals surface area contributed by atoms with E-state index in [1.807, 2.05) is 42.3 Å². The third-order valence-electron chi connectivity index (χ3n) is 4.69. The molecule has 138 valence electrons. The van der Waals surface area contributed by atoms with Crippen LogP contribution < -0.4 is 5.32 Å². The molecule has 1 unspecified atom stereocenters. The van der Waals surface area contributed by atoms with Gasteiger partial charge in [-0.2, -0.15) is 0 Å². The molecule has 0 radical (unpaired) electrons. The smallest absolute Gasteiger partial charge is 0.339 e. The molecule has 1 aromatic carbocycles. The van der Waals surface area contributed by atoms with E-state index in [1.54, 1.807) is 0 Å². The van der Waals surface area contributed by atoms with Crippen molar-refractivity contribution in [2.24, 2.45) is 5.92 Å². The summed E-state index contributed by atoms with van der Waals surface area (Å²) in [5.41, 5.74) is 2.33. The second kappa shape index (κ2) is 8.01. The molecule has 5 nitrogen and oxygen atoms in total. The number of benzene rings is 1. The largest absolute Gasteiger partial charge is 0.478 e. The minimum absolute atomic E-state index is 0.183. The maximum absolute atomic E-state index is 12.4. The maximum atomic E-state index is 12.4. The van der Waals surface area contributed by atoms with Crippen molar-refractivity contribution in [3.8, 4) is 0 Å². The van der Waals surface area contributed by atoms with Crippen molar-refractivity contribution in [2.45, 2.75) is 32.7 Å². The number of nitrogens with zero attached hydrogens (tertiary/aromatic N) is 1. The van der Waals surface area contributed by atoms with Crippen molar-refractivity contribution in [1.82, 2.24) is 4.90 Å². The molecule has 0 aliphatic heterocycles. The van der Waals surface area contributed by atoms with Gasteiger partial charge < -0.3 is 10.4 Å². The molecule has 26 heavy (non-hydrogen) atoms. The Morgan fingerprint density at radius 3 is 2.73 bits per heavy atom. The fourth-order valence-electron chi connectivity index (χ4n) is 3.43. The van der Waals surface area contributed by atoms with Crippen molar-refractivity contribution < 1.29 is 14.7 Å². The Bertz CT molecular complexity index is 801. The molecule has 3 rings (SSSR count). The monoisotopic (exact) mass is 372 g/mol. The maximum Gasteiger partial charge on any atom is 0.339 e. The molecule has 1 aliphatic carbocycles. The molecule has 0 saturated heterocycles. The number of carboxylic acids is 1. The first kappa shape index (κ1) is 18.6. The topological polar surface area (TPSA) is 69.6 Å². The van der Waals surface area contributed by atoms with Crippen LogP contribution in [0.25, 0.3) is 0 Å². The van der Waals surface area contributed by atoms with Crippen molar-refractivity contribution in [2.75, 3.05) is 18.9 Å². The number of nitrogens with one attached hydrogen (secondary N) is 1. The number of hydrogen-bond donors (Lipinski definition) is 2. The van der Waals surface area contributed by atoms with Gasteiger partial charge in [-0.25, -0.2) is 4.79 Å². The van der Waals surface area contributed by atoms with E-state index in [1.165, 1.54) is 11.3 Å².